The Kier molecular flexibility index (Phi) is 3.41. The first-order chi connectivity index (χ1) is 11.0. The molecule has 3 rings (SSSR count). The molecule has 1 aliphatic rings. The molecule has 0 unspecified atom stereocenters. The van der Waals surface area contributed by atoms with Crippen molar-refractivity contribution >= 4 is 23.4 Å². The molecule has 0 radical (unpaired) electrons. The van der Waals surface area contributed by atoms with Crippen molar-refractivity contribution in [3.8, 4) is 5.88 Å². The molecule has 116 valence electrons. The number of rotatable bonds is 2. The van der Waals surface area contributed by atoms with E-state index in [1.54, 1.807) is 31.2 Å². The van der Waals surface area contributed by atoms with Gasteiger partial charge < -0.3 is 5.11 Å². The predicted octanol–water partition coefficient (Wildman–Crippen LogP) is 0.575. The van der Waals surface area contributed by atoms with Crippen molar-refractivity contribution in [2.75, 3.05) is 5.01 Å². The number of aromatic nitrogens is 2. The monoisotopic (exact) mass is 312 g/mol. The largest absolute Gasteiger partial charge is 0.494 e. The summed E-state index contributed by atoms with van der Waals surface area (Å²) in [7, 11) is 0. The number of benzene rings is 1. The topological polar surface area (TPSA) is 119 Å². The summed E-state index contributed by atoms with van der Waals surface area (Å²) in [6.07, 6.45) is 1.20. The molecule has 0 atom stereocenters. The Hall–Kier alpha value is -3.42. The second kappa shape index (κ2) is 5.41. The third-order valence-electron chi connectivity index (χ3n) is 3.31. The number of hydrazone groups is 1. The molecular weight excluding hydrogens is 300 g/mol. The van der Waals surface area contributed by atoms with Gasteiger partial charge in [0.25, 0.3) is 11.5 Å². The van der Waals surface area contributed by atoms with Crippen LogP contribution in [0.25, 0.3) is 6.08 Å². The third-order valence-corrected chi connectivity index (χ3v) is 3.31. The maximum atomic E-state index is 12.5. The number of aromatic amines is 2. The molecule has 2 aromatic rings. The fraction of sp³-hybridized carbons (Fsp3) is 0.0667. The van der Waals surface area contributed by atoms with Gasteiger partial charge in [-0.1, -0.05) is 18.2 Å². The van der Waals surface area contributed by atoms with Crippen LogP contribution in [0.15, 0.2) is 50.6 Å². The van der Waals surface area contributed by atoms with Crippen molar-refractivity contribution in [1.82, 2.24) is 9.97 Å². The number of anilines is 1. The first-order valence-corrected chi connectivity index (χ1v) is 6.69. The van der Waals surface area contributed by atoms with E-state index in [1.807, 2.05) is 11.1 Å². The molecule has 8 heteroatoms. The first kappa shape index (κ1) is 14.5. The highest BCUT2D eigenvalue weighted by molar-refractivity contribution is 6.32. The Morgan fingerprint density at radius 1 is 1.13 bits per heavy atom. The molecule has 8 nitrogen and oxygen atoms in total. The molecule has 1 aliphatic heterocycles. The Morgan fingerprint density at radius 3 is 2.48 bits per heavy atom. The molecule has 0 saturated carbocycles. The minimum atomic E-state index is -0.830. The number of carbonyl (C=O) groups is 1. The number of aromatic hydroxyl groups is 1. The quantitative estimate of drug-likeness (QED) is 0.702. The maximum absolute atomic E-state index is 12.5. The van der Waals surface area contributed by atoms with Crippen LogP contribution in [0.5, 0.6) is 5.88 Å². The summed E-state index contributed by atoms with van der Waals surface area (Å²) < 4.78 is 0. The van der Waals surface area contributed by atoms with Gasteiger partial charge in [-0.3, -0.25) is 19.6 Å². The van der Waals surface area contributed by atoms with Gasteiger partial charge in [0.05, 0.1) is 17.0 Å². The number of H-pyrrole nitrogens is 2. The van der Waals surface area contributed by atoms with Crippen LogP contribution in [0.2, 0.25) is 0 Å². The lowest BCUT2D eigenvalue weighted by Crippen LogP contribution is -2.25. The fourth-order valence-electron chi connectivity index (χ4n) is 2.19. The van der Waals surface area contributed by atoms with E-state index >= 15 is 0 Å². The zero-order chi connectivity index (χ0) is 16.6. The third kappa shape index (κ3) is 2.57. The van der Waals surface area contributed by atoms with Gasteiger partial charge >= 0.3 is 5.69 Å². The molecule has 0 fully saturated rings. The number of nitrogens with zero attached hydrogens (tertiary/aromatic N) is 2. The minimum absolute atomic E-state index is 0.154. The van der Waals surface area contributed by atoms with Crippen LogP contribution in [0.3, 0.4) is 0 Å². The zero-order valence-electron chi connectivity index (χ0n) is 12.0. The minimum Gasteiger partial charge on any atom is -0.494 e. The molecule has 1 aromatic heterocycles. The molecule has 0 spiro atoms. The maximum Gasteiger partial charge on any atom is 0.328 e. The molecule has 1 aromatic carbocycles. The molecule has 0 saturated heterocycles. The van der Waals surface area contributed by atoms with Gasteiger partial charge in [-0.15, -0.1) is 0 Å². The summed E-state index contributed by atoms with van der Waals surface area (Å²) >= 11 is 0. The standard InChI is InChI=1S/C15H12N4O4/c1-8-10(7-11-12(20)16-15(23)17-13(11)21)14(22)19(18-8)9-5-3-2-4-6-9/h2-7H,1H3,(H3,16,17,20,21,23). The summed E-state index contributed by atoms with van der Waals surface area (Å²) in [5, 5.41) is 15.1. The lowest BCUT2D eigenvalue weighted by atomic mass is 10.1. The van der Waals surface area contributed by atoms with Crippen LogP contribution < -0.4 is 16.3 Å². The Balaban J connectivity index is 2.06. The van der Waals surface area contributed by atoms with Crippen LogP contribution in [-0.4, -0.2) is 26.7 Å². The van der Waals surface area contributed by atoms with E-state index in [0.29, 0.717) is 11.4 Å². The van der Waals surface area contributed by atoms with E-state index in [-0.39, 0.29) is 11.1 Å². The second-order valence-corrected chi connectivity index (χ2v) is 4.87. The summed E-state index contributed by atoms with van der Waals surface area (Å²) in [6.45, 7) is 1.61. The summed E-state index contributed by atoms with van der Waals surface area (Å²) in [6, 6.07) is 8.81. The van der Waals surface area contributed by atoms with Crippen molar-refractivity contribution in [2.24, 2.45) is 5.10 Å². The fourth-order valence-corrected chi connectivity index (χ4v) is 2.19. The van der Waals surface area contributed by atoms with Crippen molar-refractivity contribution in [2.45, 2.75) is 6.92 Å². The lowest BCUT2D eigenvalue weighted by molar-refractivity contribution is -0.114. The average molecular weight is 312 g/mol. The highest BCUT2D eigenvalue weighted by Crippen LogP contribution is 2.24. The number of amides is 1. The number of hydrogen-bond acceptors (Lipinski definition) is 5. The van der Waals surface area contributed by atoms with Crippen molar-refractivity contribution in [3.05, 3.63) is 62.3 Å². The molecule has 2 heterocycles. The molecule has 23 heavy (non-hydrogen) atoms. The van der Waals surface area contributed by atoms with E-state index in [2.05, 4.69) is 10.1 Å². The molecule has 0 aliphatic carbocycles. The highest BCUT2D eigenvalue weighted by atomic mass is 16.3. The molecule has 1 amide bonds. The Bertz CT molecular complexity index is 953. The molecule has 0 bridgehead atoms. The highest BCUT2D eigenvalue weighted by Gasteiger charge is 2.29. The first-order valence-electron chi connectivity index (χ1n) is 6.69. The number of para-hydroxylation sites is 1. The summed E-state index contributed by atoms with van der Waals surface area (Å²) in [4.78, 5) is 39.4. The molecule has 3 N–H and O–H groups in total. The van der Waals surface area contributed by atoms with E-state index in [0.717, 1.165) is 0 Å². The van der Waals surface area contributed by atoms with E-state index in [1.165, 1.54) is 11.1 Å². The van der Waals surface area contributed by atoms with E-state index in [4.69, 9.17) is 0 Å². The lowest BCUT2D eigenvalue weighted by Gasteiger charge is -2.10. The van der Waals surface area contributed by atoms with Gasteiger partial charge in [0.2, 0.25) is 5.88 Å². The number of carbonyl (C=O) groups excluding carboxylic acids is 1. The van der Waals surface area contributed by atoms with Gasteiger partial charge in [-0.05, 0) is 25.1 Å². The van der Waals surface area contributed by atoms with Crippen molar-refractivity contribution in [1.29, 1.82) is 0 Å². The van der Waals surface area contributed by atoms with Gasteiger partial charge in [0.1, 0.15) is 5.56 Å². The van der Waals surface area contributed by atoms with Crippen LogP contribution in [-0.2, 0) is 4.79 Å². The van der Waals surface area contributed by atoms with Gasteiger partial charge in [-0.25, -0.2) is 4.79 Å². The van der Waals surface area contributed by atoms with Gasteiger partial charge in [0.15, 0.2) is 0 Å². The zero-order valence-corrected chi connectivity index (χ0v) is 12.0. The number of hydrogen-bond donors (Lipinski definition) is 3. The average Bonchev–Trinajstić information content (AvgIpc) is 2.79. The van der Waals surface area contributed by atoms with Crippen LogP contribution >= 0.6 is 0 Å². The molecular formula is C15H12N4O4. The van der Waals surface area contributed by atoms with Crippen LogP contribution in [0.1, 0.15) is 12.5 Å². The smallest absolute Gasteiger partial charge is 0.328 e. The van der Waals surface area contributed by atoms with E-state index in [9.17, 15) is 19.5 Å². The summed E-state index contributed by atoms with van der Waals surface area (Å²) in [5.74, 6) is -1.04. The van der Waals surface area contributed by atoms with E-state index < -0.39 is 23.0 Å². The van der Waals surface area contributed by atoms with Crippen molar-refractivity contribution < 1.29 is 9.90 Å². The normalized spacial score (nSPS) is 16.0. The summed E-state index contributed by atoms with van der Waals surface area (Å²) in [5.41, 5.74) is -0.705. The van der Waals surface area contributed by atoms with Crippen molar-refractivity contribution in [3.63, 3.8) is 0 Å². The number of nitrogens with one attached hydrogen (secondary N) is 2. The Labute approximate surface area is 129 Å². The predicted molar refractivity (Wildman–Crippen MR) is 84.4 cm³/mol. The second-order valence-electron chi connectivity index (χ2n) is 4.87. The van der Waals surface area contributed by atoms with Gasteiger partial charge in [0, 0.05) is 0 Å². The Morgan fingerprint density at radius 2 is 1.83 bits per heavy atom. The van der Waals surface area contributed by atoms with Gasteiger partial charge in [-0.2, -0.15) is 10.1 Å². The van der Waals surface area contributed by atoms with Crippen LogP contribution in [0.4, 0.5) is 5.69 Å². The SMILES string of the molecule is CC1=NN(c2ccccc2)C(=O)C1=Cc1c(O)[nH]c(=O)[nH]c1=O. The van der Waals surface area contributed by atoms with Crippen LogP contribution in [0, 0.1) is 0 Å².